The first-order valence-corrected chi connectivity index (χ1v) is 6.78. The highest BCUT2D eigenvalue weighted by atomic mass is 35.5. The summed E-state index contributed by atoms with van der Waals surface area (Å²) < 4.78 is 28.0. The summed E-state index contributed by atoms with van der Waals surface area (Å²) in [6, 6.07) is -0.0149. The Morgan fingerprint density at radius 1 is 1.59 bits per heavy atom. The third-order valence-corrected chi connectivity index (χ3v) is 4.09. The van der Waals surface area contributed by atoms with E-state index >= 15 is 0 Å². The number of hydrogen-bond donors (Lipinski definition) is 2. The molecule has 98 valence electrons. The van der Waals surface area contributed by atoms with Crippen LogP contribution in [0.25, 0.3) is 0 Å². The van der Waals surface area contributed by atoms with Crippen LogP contribution in [0.15, 0.2) is 17.3 Å². The predicted octanol–water partition coefficient (Wildman–Crippen LogP) is -0.128. The molecule has 1 aromatic rings. The molecule has 1 aliphatic rings. The first kappa shape index (κ1) is 14.4. The van der Waals surface area contributed by atoms with Gasteiger partial charge >= 0.3 is 0 Å². The van der Waals surface area contributed by atoms with Crippen molar-refractivity contribution in [3.05, 3.63) is 12.4 Å². The van der Waals surface area contributed by atoms with Crippen LogP contribution < -0.4 is 10.0 Å². The number of aromatic nitrogens is 2. The molecule has 2 heterocycles. The SMILES string of the molecule is Cl.Cn1cc(S(=O)(=O)N[C@@H]2CCCNC2)cn1. The summed E-state index contributed by atoms with van der Waals surface area (Å²) in [4.78, 5) is 0.223. The van der Waals surface area contributed by atoms with Gasteiger partial charge in [-0.15, -0.1) is 12.4 Å². The second-order valence-corrected chi connectivity index (χ2v) is 5.73. The van der Waals surface area contributed by atoms with E-state index in [0.29, 0.717) is 6.54 Å². The molecule has 0 spiro atoms. The van der Waals surface area contributed by atoms with Gasteiger partial charge in [0.1, 0.15) is 4.90 Å². The smallest absolute Gasteiger partial charge is 0.243 e. The fourth-order valence-corrected chi connectivity index (χ4v) is 3.03. The molecule has 1 saturated heterocycles. The summed E-state index contributed by atoms with van der Waals surface area (Å²) in [5, 5.41) is 7.02. The molecule has 0 amide bonds. The highest BCUT2D eigenvalue weighted by molar-refractivity contribution is 7.89. The number of hydrogen-bond acceptors (Lipinski definition) is 4. The highest BCUT2D eigenvalue weighted by Gasteiger charge is 2.22. The van der Waals surface area contributed by atoms with Gasteiger partial charge < -0.3 is 5.32 Å². The molecule has 6 nitrogen and oxygen atoms in total. The van der Waals surface area contributed by atoms with Crippen molar-refractivity contribution < 1.29 is 8.42 Å². The minimum absolute atomic E-state index is 0. The van der Waals surface area contributed by atoms with Crippen molar-refractivity contribution in [2.75, 3.05) is 13.1 Å². The Morgan fingerprint density at radius 3 is 2.88 bits per heavy atom. The van der Waals surface area contributed by atoms with E-state index in [1.165, 1.54) is 17.1 Å². The van der Waals surface area contributed by atoms with E-state index in [4.69, 9.17) is 0 Å². The minimum atomic E-state index is -3.41. The Balaban J connectivity index is 0.00000144. The van der Waals surface area contributed by atoms with E-state index < -0.39 is 10.0 Å². The maximum Gasteiger partial charge on any atom is 0.243 e. The summed E-state index contributed by atoms with van der Waals surface area (Å²) in [6.45, 7) is 1.66. The maximum absolute atomic E-state index is 11.9. The van der Waals surface area contributed by atoms with Gasteiger partial charge in [-0.3, -0.25) is 4.68 Å². The number of nitrogens with zero attached hydrogens (tertiary/aromatic N) is 2. The van der Waals surface area contributed by atoms with Gasteiger partial charge in [0.25, 0.3) is 0 Å². The lowest BCUT2D eigenvalue weighted by Gasteiger charge is -2.23. The molecule has 0 bridgehead atoms. The van der Waals surface area contributed by atoms with Gasteiger partial charge in [-0.1, -0.05) is 0 Å². The van der Waals surface area contributed by atoms with Crippen LogP contribution in [-0.2, 0) is 17.1 Å². The summed E-state index contributed by atoms with van der Waals surface area (Å²) >= 11 is 0. The van der Waals surface area contributed by atoms with Crippen molar-refractivity contribution in [3.8, 4) is 0 Å². The molecule has 0 radical (unpaired) electrons. The summed E-state index contributed by atoms with van der Waals surface area (Å²) in [7, 11) is -1.72. The Kier molecular flexibility index (Phi) is 4.93. The van der Waals surface area contributed by atoms with Crippen LogP contribution in [0.2, 0.25) is 0 Å². The number of aryl methyl sites for hydroxylation is 1. The molecule has 1 aromatic heterocycles. The van der Waals surface area contributed by atoms with Gasteiger partial charge in [-0.05, 0) is 19.4 Å². The predicted molar refractivity (Wildman–Crippen MR) is 66.7 cm³/mol. The van der Waals surface area contributed by atoms with Crippen molar-refractivity contribution >= 4 is 22.4 Å². The lowest BCUT2D eigenvalue weighted by Crippen LogP contribution is -2.45. The second kappa shape index (κ2) is 5.81. The first-order valence-electron chi connectivity index (χ1n) is 5.29. The van der Waals surface area contributed by atoms with E-state index in [0.717, 1.165) is 19.4 Å². The molecule has 0 saturated carbocycles. The molecular formula is C9H17ClN4O2S. The van der Waals surface area contributed by atoms with Crippen molar-refractivity contribution in [3.63, 3.8) is 0 Å². The van der Waals surface area contributed by atoms with Crippen LogP contribution >= 0.6 is 12.4 Å². The average molecular weight is 281 g/mol. The normalized spacial score (nSPS) is 20.9. The molecule has 8 heteroatoms. The van der Waals surface area contributed by atoms with Gasteiger partial charge in [0.05, 0.1) is 6.20 Å². The molecule has 1 fully saturated rings. The minimum Gasteiger partial charge on any atom is -0.315 e. The van der Waals surface area contributed by atoms with Gasteiger partial charge in [-0.2, -0.15) is 5.10 Å². The molecule has 0 aliphatic carbocycles. The van der Waals surface area contributed by atoms with E-state index in [1.54, 1.807) is 7.05 Å². The van der Waals surface area contributed by atoms with Gasteiger partial charge in [0.15, 0.2) is 0 Å². The molecular weight excluding hydrogens is 264 g/mol. The average Bonchev–Trinajstić information content (AvgIpc) is 2.66. The van der Waals surface area contributed by atoms with Gasteiger partial charge in [0.2, 0.25) is 10.0 Å². The number of nitrogens with one attached hydrogen (secondary N) is 2. The second-order valence-electron chi connectivity index (χ2n) is 4.01. The Bertz CT molecular complexity index is 453. The summed E-state index contributed by atoms with van der Waals surface area (Å²) in [5.74, 6) is 0. The zero-order chi connectivity index (χ0) is 11.6. The molecule has 2 N–H and O–H groups in total. The molecule has 0 aromatic carbocycles. The van der Waals surface area contributed by atoms with Gasteiger partial charge in [0, 0.05) is 25.8 Å². The zero-order valence-corrected chi connectivity index (χ0v) is 11.2. The zero-order valence-electron chi connectivity index (χ0n) is 9.59. The third-order valence-electron chi connectivity index (χ3n) is 2.61. The van der Waals surface area contributed by atoms with E-state index in [-0.39, 0.29) is 23.3 Å². The fourth-order valence-electron chi connectivity index (χ4n) is 1.78. The van der Waals surface area contributed by atoms with Crippen molar-refractivity contribution in [1.82, 2.24) is 19.8 Å². The lowest BCUT2D eigenvalue weighted by molar-refractivity contribution is 0.428. The van der Waals surface area contributed by atoms with Crippen molar-refractivity contribution in [1.29, 1.82) is 0 Å². The Labute approximate surface area is 107 Å². The maximum atomic E-state index is 11.9. The van der Waals surface area contributed by atoms with Crippen LogP contribution in [0, 0.1) is 0 Å². The Morgan fingerprint density at radius 2 is 2.35 bits per heavy atom. The van der Waals surface area contributed by atoms with Gasteiger partial charge in [-0.25, -0.2) is 13.1 Å². The first-order chi connectivity index (χ1) is 7.58. The number of sulfonamides is 1. The largest absolute Gasteiger partial charge is 0.315 e. The molecule has 17 heavy (non-hydrogen) atoms. The molecule has 0 unspecified atom stereocenters. The van der Waals surface area contributed by atoms with Crippen LogP contribution in [0.3, 0.4) is 0 Å². The number of halogens is 1. The number of piperidine rings is 1. The molecule has 2 rings (SSSR count). The molecule has 1 atom stereocenters. The highest BCUT2D eigenvalue weighted by Crippen LogP contribution is 2.10. The van der Waals surface area contributed by atoms with Crippen LogP contribution in [0.1, 0.15) is 12.8 Å². The van der Waals surface area contributed by atoms with Crippen LogP contribution in [-0.4, -0.2) is 37.3 Å². The fraction of sp³-hybridized carbons (Fsp3) is 0.667. The Hall–Kier alpha value is -0.630. The summed E-state index contributed by atoms with van der Waals surface area (Å²) in [5.41, 5.74) is 0. The van der Waals surface area contributed by atoms with Crippen LogP contribution in [0.4, 0.5) is 0 Å². The van der Waals surface area contributed by atoms with Crippen molar-refractivity contribution in [2.24, 2.45) is 7.05 Å². The van der Waals surface area contributed by atoms with Crippen molar-refractivity contribution in [2.45, 2.75) is 23.8 Å². The number of rotatable bonds is 3. The lowest BCUT2D eigenvalue weighted by atomic mass is 10.1. The molecule has 1 aliphatic heterocycles. The standard InChI is InChI=1S/C9H16N4O2S.ClH/c1-13-7-9(6-11-13)16(14,15)12-8-3-2-4-10-5-8;/h6-8,10,12H,2-5H2,1H3;1H/t8-;/m1./s1. The summed E-state index contributed by atoms with van der Waals surface area (Å²) in [6.07, 6.45) is 4.74. The third kappa shape index (κ3) is 3.67. The van der Waals surface area contributed by atoms with E-state index in [2.05, 4.69) is 15.1 Å². The van der Waals surface area contributed by atoms with E-state index in [1.807, 2.05) is 0 Å². The van der Waals surface area contributed by atoms with Crippen LogP contribution in [0.5, 0.6) is 0 Å². The monoisotopic (exact) mass is 280 g/mol. The topological polar surface area (TPSA) is 76.0 Å². The van der Waals surface area contributed by atoms with E-state index in [9.17, 15) is 8.42 Å². The quantitative estimate of drug-likeness (QED) is 0.809.